The van der Waals surface area contributed by atoms with Gasteiger partial charge in [0.15, 0.2) is 0 Å². The number of methoxy groups -OCH3 is 2. The number of imidazole rings is 1. The third kappa shape index (κ3) is 5.53. The van der Waals surface area contributed by atoms with Crippen LogP contribution in [0.15, 0.2) is 60.9 Å². The van der Waals surface area contributed by atoms with Crippen molar-refractivity contribution in [1.29, 1.82) is 0 Å². The van der Waals surface area contributed by atoms with Crippen LogP contribution in [-0.2, 0) is 6.54 Å². The van der Waals surface area contributed by atoms with Crippen LogP contribution in [0.3, 0.4) is 0 Å². The van der Waals surface area contributed by atoms with Crippen molar-refractivity contribution in [1.82, 2.24) is 14.7 Å². The standard InChI is InChI=1S/C29H32ClFN4O2/c1-34(22-10-8-21(9-11-22)32-17-19-4-6-20(31)7-5-19)23-12-13-35-18-26(33-29(35)14-23)24-15-25(30)28(37-3)16-27(24)36-2/h4-7,12-16,18,21-22,32H,8-11,17H2,1-3H3/t21-,22+. The fraction of sp³-hybridized carbons (Fsp3) is 0.345. The Morgan fingerprint density at radius 3 is 2.46 bits per heavy atom. The van der Waals surface area contributed by atoms with E-state index in [1.807, 2.05) is 35.0 Å². The van der Waals surface area contributed by atoms with Crippen LogP contribution in [0, 0.1) is 5.82 Å². The lowest BCUT2D eigenvalue weighted by atomic mass is 9.90. The predicted octanol–water partition coefficient (Wildman–Crippen LogP) is 6.35. The normalized spacial score (nSPS) is 17.6. The van der Waals surface area contributed by atoms with Crippen molar-refractivity contribution in [3.63, 3.8) is 0 Å². The van der Waals surface area contributed by atoms with Gasteiger partial charge in [-0.25, -0.2) is 9.37 Å². The Labute approximate surface area is 222 Å². The van der Waals surface area contributed by atoms with Crippen molar-refractivity contribution in [3.8, 4) is 22.8 Å². The molecule has 8 heteroatoms. The summed E-state index contributed by atoms with van der Waals surface area (Å²) in [6.45, 7) is 0.772. The van der Waals surface area contributed by atoms with Gasteiger partial charge in [-0.15, -0.1) is 0 Å². The van der Waals surface area contributed by atoms with E-state index < -0.39 is 0 Å². The van der Waals surface area contributed by atoms with Crippen LogP contribution in [0.1, 0.15) is 31.2 Å². The summed E-state index contributed by atoms with van der Waals surface area (Å²) >= 11 is 6.39. The number of rotatable bonds is 8. The van der Waals surface area contributed by atoms with Crippen LogP contribution in [0.2, 0.25) is 5.02 Å². The first kappa shape index (κ1) is 25.4. The van der Waals surface area contributed by atoms with E-state index in [2.05, 4.69) is 29.4 Å². The summed E-state index contributed by atoms with van der Waals surface area (Å²) in [5.74, 6) is 1.03. The summed E-state index contributed by atoms with van der Waals surface area (Å²) in [7, 11) is 5.38. The molecule has 0 radical (unpaired) electrons. The number of anilines is 1. The summed E-state index contributed by atoms with van der Waals surface area (Å²) in [5, 5.41) is 4.15. The summed E-state index contributed by atoms with van der Waals surface area (Å²) in [6, 6.07) is 15.6. The van der Waals surface area contributed by atoms with Crippen molar-refractivity contribution in [3.05, 3.63) is 77.3 Å². The van der Waals surface area contributed by atoms with Gasteiger partial charge in [0.2, 0.25) is 0 Å². The number of pyridine rings is 1. The number of benzene rings is 2. The maximum Gasteiger partial charge on any atom is 0.141 e. The second kappa shape index (κ2) is 11.0. The molecule has 37 heavy (non-hydrogen) atoms. The van der Waals surface area contributed by atoms with E-state index in [1.165, 1.54) is 12.1 Å². The molecule has 194 valence electrons. The molecule has 0 atom stereocenters. The van der Waals surface area contributed by atoms with Gasteiger partial charge >= 0.3 is 0 Å². The lowest BCUT2D eigenvalue weighted by Crippen LogP contribution is -2.40. The highest BCUT2D eigenvalue weighted by Gasteiger charge is 2.24. The number of ether oxygens (including phenoxy) is 2. The predicted molar refractivity (Wildman–Crippen MR) is 146 cm³/mol. The second-order valence-electron chi connectivity index (χ2n) is 9.59. The monoisotopic (exact) mass is 522 g/mol. The maximum atomic E-state index is 13.1. The highest BCUT2D eigenvalue weighted by molar-refractivity contribution is 6.32. The number of halogens is 2. The Morgan fingerprint density at radius 2 is 1.76 bits per heavy atom. The summed E-state index contributed by atoms with van der Waals surface area (Å²) in [5.41, 5.74) is 4.73. The van der Waals surface area contributed by atoms with Gasteiger partial charge < -0.3 is 24.1 Å². The van der Waals surface area contributed by atoms with Crippen LogP contribution in [0.5, 0.6) is 11.5 Å². The SMILES string of the molecule is COc1cc(OC)c(-c2cn3ccc(N(C)[C@H]4CC[C@@H](NCc5ccc(F)cc5)CC4)cc3n2)cc1Cl. The van der Waals surface area contributed by atoms with Crippen LogP contribution < -0.4 is 19.7 Å². The molecule has 1 aliphatic carbocycles. The van der Waals surface area contributed by atoms with Gasteiger partial charge in [-0.1, -0.05) is 23.7 Å². The smallest absolute Gasteiger partial charge is 0.141 e. The molecule has 5 rings (SSSR count). The summed E-state index contributed by atoms with van der Waals surface area (Å²) in [6.07, 6.45) is 8.49. The number of nitrogens with zero attached hydrogens (tertiary/aromatic N) is 3. The maximum absolute atomic E-state index is 13.1. The topological polar surface area (TPSA) is 51.0 Å². The Balaban J connectivity index is 1.25. The molecule has 0 amide bonds. The van der Waals surface area contributed by atoms with Crippen LogP contribution in [0.4, 0.5) is 10.1 Å². The minimum Gasteiger partial charge on any atom is -0.496 e. The second-order valence-corrected chi connectivity index (χ2v) is 9.99. The molecule has 1 N–H and O–H groups in total. The molecule has 6 nitrogen and oxygen atoms in total. The van der Waals surface area contributed by atoms with Gasteiger partial charge in [-0.2, -0.15) is 0 Å². The first-order valence-corrected chi connectivity index (χ1v) is 12.9. The Morgan fingerprint density at radius 1 is 1.03 bits per heavy atom. The number of hydrogen-bond acceptors (Lipinski definition) is 5. The third-order valence-corrected chi connectivity index (χ3v) is 7.65. The first-order valence-electron chi connectivity index (χ1n) is 12.6. The minimum atomic E-state index is -0.193. The zero-order valence-electron chi connectivity index (χ0n) is 21.4. The Bertz CT molecular complexity index is 1370. The van der Waals surface area contributed by atoms with Crippen molar-refractivity contribution in [2.45, 2.75) is 44.3 Å². The van der Waals surface area contributed by atoms with E-state index in [4.69, 9.17) is 26.1 Å². The van der Waals surface area contributed by atoms with E-state index in [0.29, 0.717) is 28.6 Å². The van der Waals surface area contributed by atoms with Crippen molar-refractivity contribution < 1.29 is 13.9 Å². The summed E-state index contributed by atoms with van der Waals surface area (Å²) in [4.78, 5) is 7.24. The van der Waals surface area contributed by atoms with Crippen LogP contribution >= 0.6 is 11.6 Å². The van der Waals surface area contributed by atoms with Gasteiger partial charge in [-0.05, 0) is 55.5 Å². The minimum absolute atomic E-state index is 0.193. The molecule has 0 aliphatic heterocycles. The van der Waals surface area contributed by atoms with Gasteiger partial charge in [0.25, 0.3) is 0 Å². The zero-order chi connectivity index (χ0) is 25.9. The van der Waals surface area contributed by atoms with Crippen LogP contribution in [0.25, 0.3) is 16.9 Å². The molecule has 1 aliphatic rings. The van der Waals surface area contributed by atoms with Gasteiger partial charge in [0, 0.05) is 61.5 Å². The highest BCUT2D eigenvalue weighted by atomic mass is 35.5. The van der Waals surface area contributed by atoms with Gasteiger partial charge in [0.1, 0.15) is 23.0 Å². The van der Waals surface area contributed by atoms with Crippen LogP contribution in [-0.4, -0.2) is 42.7 Å². The molecule has 1 fully saturated rings. The van der Waals surface area contributed by atoms with E-state index >= 15 is 0 Å². The molecular weight excluding hydrogens is 491 g/mol. The Kier molecular flexibility index (Phi) is 7.53. The molecule has 0 bridgehead atoms. The lowest BCUT2D eigenvalue weighted by molar-refractivity contribution is 0.335. The lowest BCUT2D eigenvalue weighted by Gasteiger charge is -2.36. The van der Waals surface area contributed by atoms with E-state index in [-0.39, 0.29) is 5.82 Å². The number of aromatic nitrogens is 2. The molecule has 0 spiro atoms. The molecule has 2 aromatic heterocycles. The summed E-state index contributed by atoms with van der Waals surface area (Å²) < 4.78 is 26.0. The largest absolute Gasteiger partial charge is 0.496 e. The molecule has 0 saturated heterocycles. The average molecular weight is 523 g/mol. The van der Waals surface area contributed by atoms with E-state index in [1.54, 1.807) is 20.3 Å². The fourth-order valence-electron chi connectivity index (χ4n) is 5.12. The van der Waals surface area contributed by atoms with Crippen molar-refractivity contribution in [2.75, 3.05) is 26.2 Å². The molecule has 4 aromatic rings. The fourth-order valence-corrected chi connectivity index (χ4v) is 5.36. The molecule has 2 heterocycles. The van der Waals surface area contributed by atoms with E-state index in [9.17, 15) is 4.39 Å². The zero-order valence-corrected chi connectivity index (χ0v) is 22.1. The Hall–Kier alpha value is -3.29. The van der Waals surface area contributed by atoms with Gasteiger partial charge in [-0.3, -0.25) is 0 Å². The molecule has 1 saturated carbocycles. The quantitative estimate of drug-likeness (QED) is 0.292. The molecular formula is C29H32ClFN4O2. The third-order valence-electron chi connectivity index (χ3n) is 7.35. The average Bonchev–Trinajstić information content (AvgIpc) is 3.36. The number of hydrogen-bond donors (Lipinski definition) is 1. The number of nitrogens with one attached hydrogen (secondary N) is 1. The highest BCUT2D eigenvalue weighted by Crippen LogP contribution is 2.38. The van der Waals surface area contributed by atoms with Crippen molar-refractivity contribution in [2.24, 2.45) is 0 Å². The van der Waals surface area contributed by atoms with E-state index in [0.717, 1.165) is 60.4 Å². The number of fused-ring (bicyclic) bond motifs is 1. The first-order chi connectivity index (χ1) is 17.9. The molecule has 2 aromatic carbocycles. The molecule has 0 unspecified atom stereocenters. The van der Waals surface area contributed by atoms with Gasteiger partial charge in [0.05, 0.1) is 24.9 Å². The van der Waals surface area contributed by atoms with Crippen molar-refractivity contribution >= 4 is 22.9 Å².